The third kappa shape index (κ3) is 6.91. The van der Waals surface area contributed by atoms with E-state index in [9.17, 15) is 14.6 Å². The normalized spacial score (nSPS) is 13.5. The van der Waals surface area contributed by atoms with E-state index in [0.29, 0.717) is 11.5 Å². The third-order valence-corrected chi connectivity index (χ3v) is 6.38. The van der Waals surface area contributed by atoms with Crippen molar-refractivity contribution in [2.45, 2.75) is 44.7 Å². The van der Waals surface area contributed by atoms with Crippen molar-refractivity contribution < 1.29 is 24.1 Å². The van der Waals surface area contributed by atoms with Crippen LogP contribution in [0.5, 0.6) is 11.5 Å². The van der Waals surface area contributed by atoms with Crippen LogP contribution in [-0.2, 0) is 18.6 Å². The van der Waals surface area contributed by atoms with Crippen LogP contribution in [-0.4, -0.2) is 56.5 Å². The maximum absolute atomic E-state index is 12.6. The second kappa shape index (κ2) is 12.0. The highest BCUT2D eigenvalue weighted by atomic mass is 79.9. The molecule has 0 saturated carbocycles. The van der Waals surface area contributed by atoms with Crippen LogP contribution in [0.25, 0.3) is 0 Å². The van der Waals surface area contributed by atoms with E-state index in [1.54, 1.807) is 0 Å². The Bertz CT molecular complexity index is 1060. The maximum Gasteiger partial charge on any atom is 0.135 e. The summed E-state index contributed by atoms with van der Waals surface area (Å²) in [4.78, 5) is 0. The summed E-state index contributed by atoms with van der Waals surface area (Å²) in [5, 5.41) is 27.2. The monoisotopic (exact) mass is 554 g/mol. The summed E-state index contributed by atoms with van der Waals surface area (Å²) in [6.45, 7) is 3.91. The number of ether oxygens (including phenoxy) is 2. The summed E-state index contributed by atoms with van der Waals surface area (Å²) in [5.41, 5.74) is 2.09. The zero-order chi connectivity index (χ0) is 24.7. The molecule has 2 unspecified atom stereocenters. The Morgan fingerprint density at radius 2 is 1.74 bits per heavy atom. The first-order valence-corrected chi connectivity index (χ1v) is 12.1. The number of hydrogen-bond donors (Lipinski definition) is 2. The molecule has 1 heterocycles. The SMILES string of the molecule is CC(C)(c1ccc(OCC(O)Cn2cc(C[18F])nn2)cc1)c1ccc(OCC(O)CCl)c(Br)c1. The molecule has 7 nitrogen and oxygen atoms in total. The Morgan fingerprint density at radius 3 is 2.35 bits per heavy atom. The van der Waals surface area contributed by atoms with Crippen LogP contribution < -0.4 is 9.47 Å². The highest BCUT2D eigenvalue weighted by Crippen LogP contribution is 2.36. The first-order chi connectivity index (χ1) is 16.2. The quantitative estimate of drug-likeness (QED) is 0.325. The first-order valence-electron chi connectivity index (χ1n) is 10.8. The summed E-state index contributed by atoms with van der Waals surface area (Å²) in [6.07, 6.45) is -0.0717. The van der Waals surface area contributed by atoms with Crippen molar-refractivity contribution >= 4 is 27.5 Å². The van der Waals surface area contributed by atoms with Crippen molar-refractivity contribution in [2.75, 3.05) is 19.1 Å². The highest BCUT2D eigenvalue weighted by molar-refractivity contribution is 9.10. The minimum Gasteiger partial charge on any atom is -0.491 e. The second-order valence-electron chi connectivity index (χ2n) is 8.44. The Kier molecular flexibility index (Phi) is 9.30. The summed E-state index contributed by atoms with van der Waals surface area (Å²) in [7, 11) is 0. The van der Waals surface area contributed by atoms with Crippen molar-refractivity contribution in [3.8, 4) is 11.5 Å². The Balaban J connectivity index is 1.59. The number of aliphatic hydroxyl groups excluding tert-OH is 2. The van der Waals surface area contributed by atoms with Gasteiger partial charge in [0.15, 0.2) is 0 Å². The minimum atomic E-state index is -0.811. The number of rotatable bonds is 12. The molecule has 3 aromatic rings. The van der Waals surface area contributed by atoms with Crippen LogP contribution >= 0.6 is 27.5 Å². The van der Waals surface area contributed by atoms with Crippen LogP contribution in [0, 0.1) is 0 Å². The fourth-order valence-corrected chi connectivity index (χ4v) is 3.90. The van der Waals surface area contributed by atoms with Gasteiger partial charge in [-0.15, -0.1) is 16.7 Å². The zero-order valence-corrected chi connectivity index (χ0v) is 21.3. The van der Waals surface area contributed by atoms with Gasteiger partial charge in [-0.25, -0.2) is 9.07 Å². The molecule has 3 rings (SSSR count). The molecular weight excluding hydrogens is 528 g/mol. The molecule has 0 radical (unpaired) electrons. The Labute approximate surface area is 211 Å². The maximum atomic E-state index is 12.6. The van der Waals surface area contributed by atoms with Gasteiger partial charge in [0.25, 0.3) is 0 Å². The average Bonchev–Trinajstić information content (AvgIpc) is 3.29. The number of aliphatic hydroxyl groups is 2. The number of halogens is 3. The van der Waals surface area contributed by atoms with Crippen molar-refractivity contribution in [3.05, 3.63) is 70.0 Å². The van der Waals surface area contributed by atoms with Crippen LogP contribution in [0.15, 0.2) is 53.1 Å². The number of hydrogen-bond acceptors (Lipinski definition) is 6. The molecular formula is C24H28BrClFN3O4. The number of aromatic nitrogens is 3. The molecule has 0 saturated heterocycles. The summed E-state index contributed by atoms with van der Waals surface area (Å²) >= 11 is 9.16. The molecule has 2 N–H and O–H groups in total. The molecule has 1 aromatic heterocycles. The van der Waals surface area contributed by atoms with Crippen LogP contribution in [0.1, 0.15) is 30.7 Å². The summed E-state index contributed by atoms with van der Waals surface area (Å²) < 4.78 is 26.1. The summed E-state index contributed by atoms with van der Waals surface area (Å²) in [5.74, 6) is 1.38. The lowest BCUT2D eigenvalue weighted by molar-refractivity contribution is 0.0888. The molecule has 34 heavy (non-hydrogen) atoms. The molecule has 0 aliphatic rings. The molecule has 2 aromatic carbocycles. The van der Waals surface area contributed by atoms with E-state index in [1.165, 1.54) is 10.9 Å². The smallest absolute Gasteiger partial charge is 0.135 e. The molecule has 0 aliphatic carbocycles. The average molecular weight is 556 g/mol. The molecule has 0 spiro atoms. The van der Waals surface area contributed by atoms with Crippen molar-refractivity contribution in [1.29, 1.82) is 0 Å². The molecule has 0 amide bonds. The third-order valence-electron chi connectivity index (χ3n) is 5.40. The molecule has 10 heteroatoms. The van der Waals surface area contributed by atoms with Gasteiger partial charge < -0.3 is 19.7 Å². The van der Waals surface area contributed by atoms with Gasteiger partial charge in [0.1, 0.15) is 49.3 Å². The van der Waals surface area contributed by atoms with Gasteiger partial charge in [0.2, 0.25) is 0 Å². The van der Waals surface area contributed by atoms with E-state index in [2.05, 4.69) is 40.1 Å². The lowest BCUT2D eigenvalue weighted by Crippen LogP contribution is -2.24. The Morgan fingerprint density at radius 1 is 1.06 bits per heavy atom. The van der Waals surface area contributed by atoms with Crippen LogP contribution in [0.2, 0.25) is 0 Å². The highest BCUT2D eigenvalue weighted by Gasteiger charge is 2.24. The second-order valence-corrected chi connectivity index (χ2v) is 9.61. The number of alkyl halides is 2. The minimum absolute atomic E-state index is 0.0698. The van der Waals surface area contributed by atoms with Gasteiger partial charge in [0, 0.05) is 5.41 Å². The van der Waals surface area contributed by atoms with Gasteiger partial charge in [-0.05, 0) is 51.3 Å². The van der Waals surface area contributed by atoms with E-state index < -0.39 is 18.9 Å². The predicted octanol–water partition coefficient (Wildman–Crippen LogP) is 4.25. The topological polar surface area (TPSA) is 89.6 Å². The van der Waals surface area contributed by atoms with Crippen molar-refractivity contribution in [1.82, 2.24) is 15.0 Å². The molecule has 0 aliphatic heterocycles. The van der Waals surface area contributed by atoms with E-state index in [0.717, 1.165) is 15.6 Å². The van der Waals surface area contributed by atoms with Gasteiger partial charge in [-0.1, -0.05) is 37.3 Å². The van der Waals surface area contributed by atoms with Crippen LogP contribution in [0.4, 0.5) is 4.39 Å². The van der Waals surface area contributed by atoms with Crippen molar-refractivity contribution in [2.24, 2.45) is 0 Å². The van der Waals surface area contributed by atoms with Gasteiger partial charge in [-0.3, -0.25) is 0 Å². The van der Waals surface area contributed by atoms with E-state index in [-0.39, 0.29) is 36.7 Å². The van der Waals surface area contributed by atoms with Gasteiger partial charge in [0.05, 0.1) is 23.1 Å². The van der Waals surface area contributed by atoms with Crippen molar-refractivity contribution in [3.63, 3.8) is 0 Å². The fraction of sp³-hybridized carbons (Fsp3) is 0.417. The number of benzene rings is 2. The van der Waals surface area contributed by atoms with Gasteiger partial charge in [-0.2, -0.15) is 0 Å². The predicted molar refractivity (Wildman–Crippen MR) is 131 cm³/mol. The lowest BCUT2D eigenvalue weighted by atomic mass is 9.78. The standard InChI is InChI=1S/C24H28BrClFN3O4/c1-24(2,17-5-8-23(22(25)9-17)34-14-19(31)10-26)16-3-6-21(7-4-16)33-15-20(32)13-30-12-18(11-27)28-29-30/h3-9,12,19-20,31-32H,10-11,13-15H2,1-2H3/i27-1. The first kappa shape index (κ1) is 26.4. The van der Waals surface area contributed by atoms with E-state index >= 15 is 0 Å². The largest absolute Gasteiger partial charge is 0.491 e. The summed E-state index contributed by atoms with van der Waals surface area (Å²) in [6, 6.07) is 13.6. The zero-order valence-electron chi connectivity index (χ0n) is 19.0. The molecule has 0 bridgehead atoms. The van der Waals surface area contributed by atoms with E-state index in [4.69, 9.17) is 21.1 Å². The molecule has 0 fully saturated rings. The molecule has 184 valence electrons. The Hall–Kier alpha value is -2.20. The lowest BCUT2D eigenvalue weighted by Gasteiger charge is -2.27. The fourth-order valence-electron chi connectivity index (χ4n) is 3.32. The number of nitrogens with zero attached hydrogens (tertiary/aromatic N) is 3. The van der Waals surface area contributed by atoms with Gasteiger partial charge >= 0.3 is 0 Å². The van der Waals surface area contributed by atoms with E-state index in [1.807, 2.05) is 42.5 Å². The van der Waals surface area contributed by atoms with Crippen LogP contribution in [0.3, 0.4) is 0 Å². The molecule has 2 atom stereocenters.